The molecule has 2 aromatic rings. The van der Waals surface area contributed by atoms with Crippen LogP contribution in [0.4, 0.5) is 5.69 Å². The van der Waals surface area contributed by atoms with Crippen molar-refractivity contribution in [2.24, 2.45) is 7.05 Å². The Morgan fingerprint density at radius 3 is 2.71 bits per heavy atom. The van der Waals surface area contributed by atoms with Crippen LogP contribution < -0.4 is 5.32 Å². The Hall–Kier alpha value is -1.30. The van der Waals surface area contributed by atoms with E-state index in [1.807, 2.05) is 44.4 Å². The lowest BCUT2D eigenvalue weighted by molar-refractivity contribution is 0.101. The fourth-order valence-electron chi connectivity index (χ4n) is 1.65. The van der Waals surface area contributed by atoms with E-state index >= 15 is 0 Å². The summed E-state index contributed by atoms with van der Waals surface area (Å²) in [6.07, 6.45) is 1.86. The highest BCUT2D eigenvalue weighted by atomic mass is 127. The van der Waals surface area contributed by atoms with Crippen LogP contribution in [0.5, 0.6) is 0 Å². The van der Waals surface area contributed by atoms with Crippen molar-refractivity contribution >= 4 is 34.2 Å². The summed E-state index contributed by atoms with van der Waals surface area (Å²) in [5.41, 5.74) is 2.58. The van der Waals surface area contributed by atoms with Crippen molar-refractivity contribution < 1.29 is 4.79 Å². The molecule has 0 radical (unpaired) electrons. The summed E-state index contributed by atoms with van der Waals surface area (Å²) < 4.78 is 2.97. The Morgan fingerprint density at radius 2 is 2.12 bits per heavy atom. The van der Waals surface area contributed by atoms with Gasteiger partial charge in [0.25, 0.3) is 5.91 Å². The van der Waals surface area contributed by atoms with Gasteiger partial charge in [0.05, 0.1) is 0 Å². The molecule has 1 heterocycles. The Balaban J connectivity index is 2.22. The number of hydrogen-bond donors (Lipinski definition) is 1. The van der Waals surface area contributed by atoms with E-state index in [0.29, 0.717) is 5.69 Å². The fourth-order valence-corrected chi connectivity index (χ4v) is 2.30. The van der Waals surface area contributed by atoms with Crippen molar-refractivity contribution in [3.63, 3.8) is 0 Å². The second-order valence-corrected chi connectivity index (χ2v) is 5.16. The van der Waals surface area contributed by atoms with Gasteiger partial charge in [-0.2, -0.15) is 0 Å². The van der Waals surface area contributed by atoms with Gasteiger partial charge < -0.3 is 9.88 Å². The number of hydrogen-bond acceptors (Lipinski definition) is 1. The normalized spacial score (nSPS) is 10.3. The van der Waals surface area contributed by atoms with E-state index in [1.54, 1.807) is 10.6 Å². The minimum Gasteiger partial charge on any atom is -0.347 e. The van der Waals surface area contributed by atoms with E-state index in [0.717, 1.165) is 14.8 Å². The molecule has 0 saturated carbocycles. The molecular weight excluding hydrogens is 327 g/mol. The molecular formula is C13H13IN2O. The third kappa shape index (κ3) is 2.69. The van der Waals surface area contributed by atoms with E-state index in [2.05, 4.69) is 27.9 Å². The number of carbonyl (C=O) groups is 1. The average Bonchev–Trinajstić information content (AvgIpc) is 2.68. The van der Waals surface area contributed by atoms with E-state index < -0.39 is 0 Å². The van der Waals surface area contributed by atoms with Crippen LogP contribution in [0.25, 0.3) is 0 Å². The van der Waals surface area contributed by atoms with E-state index in [-0.39, 0.29) is 5.91 Å². The zero-order valence-corrected chi connectivity index (χ0v) is 11.9. The number of nitrogens with zero attached hydrogens (tertiary/aromatic N) is 1. The topological polar surface area (TPSA) is 34.0 Å². The molecule has 0 aliphatic carbocycles. The van der Waals surface area contributed by atoms with Gasteiger partial charge in [0, 0.05) is 22.5 Å². The van der Waals surface area contributed by atoms with Crippen LogP contribution in [0, 0.1) is 10.5 Å². The number of aromatic nitrogens is 1. The van der Waals surface area contributed by atoms with Crippen molar-refractivity contribution in [2.75, 3.05) is 5.32 Å². The van der Waals surface area contributed by atoms with Crippen LogP contribution >= 0.6 is 22.6 Å². The number of halogens is 1. The van der Waals surface area contributed by atoms with Gasteiger partial charge in [-0.1, -0.05) is 0 Å². The standard InChI is InChI=1S/C13H13IN2O/c1-9-8-10(14)5-6-11(9)15-13(17)12-4-3-7-16(12)2/h3-8H,1-2H3,(H,15,17). The summed E-state index contributed by atoms with van der Waals surface area (Å²) in [5.74, 6) is -0.0817. The summed E-state index contributed by atoms with van der Waals surface area (Å²) >= 11 is 2.25. The maximum atomic E-state index is 12.0. The number of aryl methyl sites for hydroxylation is 2. The quantitative estimate of drug-likeness (QED) is 0.837. The number of benzene rings is 1. The van der Waals surface area contributed by atoms with Crippen molar-refractivity contribution in [1.82, 2.24) is 4.57 Å². The molecule has 4 heteroatoms. The maximum absolute atomic E-state index is 12.0. The van der Waals surface area contributed by atoms with Crippen LogP contribution in [-0.2, 0) is 7.05 Å². The van der Waals surface area contributed by atoms with Gasteiger partial charge in [-0.15, -0.1) is 0 Å². The summed E-state index contributed by atoms with van der Waals surface area (Å²) in [6, 6.07) is 9.61. The fraction of sp³-hybridized carbons (Fsp3) is 0.154. The molecule has 3 nitrogen and oxygen atoms in total. The second-order valence-electron chi connectivity index (χ2n) is 3.92. The number of rotatable bonds is 2. The highest BCUT2D eigenvalue weighted by molar-refractivity contribution is 14.1. The molecule has 1 amide bonds. The van der Waals surface area contributed by atoms with E-state index in [1.165, 1.54) is 0 Å². The lowest BCUT2D eigenvalue weighted by Gasteiger charge is -2.09. The Kier molecular flexibility index (Phi) is 3.51. The van der Waals surface area contributed by atoms with Gasteiger partial charge in [0.2, 0.25) is 0 Å². The number of anilines is 1. The molecule has 0 unspecified atom stereocenters. The van der Waals surface area contributed by atoms with Gasteiger partial charge in [-0.05, 0) is 65.4 Å². The molecule has 0 saturated heterocycles. The van der Waals surface area contributed by atoms with Gasteiger partial charge in [0.15, 0.2) is 0 Å². The number of nitrogens with one attached hydrogen (secondary N) is 1. The summed E-state index contributed by atoms with van der Waals surface area (Å²) in [4.78, 5) is 12.0. The summed E-state index contributed by atoms with van der Waals surface area (Å²) in [7, 11) is 1.86. The first-order valence-corrected chi connectivity index (χ1v) is 6.34. The lowest BCUT2D eigenvalue weighted by atomic mass is 10.2. The van der Waals surface area contributed by atoms with E-state index in [9.17, 15) is 4.79 Å². The van der Waals surface area contributed by atoms with Crippen LogP contribution in [-0.4, -0.2) is 10.5 Å². The molecule has 0 atom stereocenters. The van der Waals surface area contributed by atoms with Gasteiger partial charge in [-0.25, -0.2) is 0 Å². The molecule has 1 N–H and O–H groups in total. The molecule has 2 rings (SSSR count). The van der Waals surface area contributed by atoms with Crippen LogP contribution in [0.2, 0.25) is 0 Å². The van der Waals surface area contributed by atoms with Gasteiger partial charge >= 0.3 is 0 Å². The molecule has 1 aromatic carbocycles. The number of amides is 1. The van der Waals surface area contributed by atoms with E-state index in [4.69, 9.17) is 0 Å². The van der Waals surface area contributed by atoms with Crippen molar-refractivity contribution in [3.05, 3.63) is 51.4 Å². The zero-order valence-electron chi connectivity index (χ0n) is 9.70. The Labute approximate surface area is 114 Å². The highest BCUT2D eigenvalue weighted by Crippen LogP contribution is 2.18. The molecule has 0 fully saturated rings. The van der Waals surface area contributed by atoms with Crippen LogP contribution in [0.3, 0.4) is 0 Å². The second kappa shape index (κ2) is 4.91. The third-order valence-electron chi connectivity index (χ3n) is 2.61. The van der Waals surface area contributed by atoms with Crippen molar-refractivity contribution in [3.8, 4) is 0 Å². The SMILES string of the molecule is Cc1cc(I)ccc1NC(=O)c1cccn1C. The molecule has 88 valence electrons. The Morgan fingerprint density at radius 1 is 1.35 bits per heavy atom. The maximum Gasteiger partial charge on any atom is 0.272 e. The van der Waals surface area contributed by atoms with Crippen molar-refractivity contribution in [2.45, 2.75) is 6.92 Å². The minimum atomic E-state index is -0.0817. The van der Waals surface area contributed by atoms with Gasteiger partial charge in [0.1, 0.15) is 5.69 Å². The summed E-state index contributed by atoms with van der Waals surface area (Å²) in [6.45, 7) is 1.99. The average molecular weight is 340 g/mol. The first-order valence-electron chi connectivity index (χ1n) is 5.27. The first-order chi connectivity index (χ1) is 8.08. The van der Waals surface area contributed by atoms with Crippen molar-refractivity contribution in [1.29, 1.82) is 0 Å². The summed E-state index contributed by atoms with van der Waals surface area (Å²) in [5, 5.41) is 2.92. The smallest absolute Gasteiger partial charge is 0.272 e. The zero-order chi connectivity index (χ0) is 12.4. The molecule has 1 aromatic heterocycles. The minimum absolute atomic E-state index is 0.0817. The molecule has 0 aliphatic heterocycles. The third-order valence-corrected chi connectivity index (χ3v) is 3.28. The predicted octanol–water partition coefficient (Wildman–Crippen LogP) is 3.19. The Bertz CT molecular complexity index is 560. The molecule has 17 heavy (non-hydrogen) atoms. The largest absolute Gasteiger partial charge is 0.347 e. The number of carbonyl (C=O) groups excluding carboxylic acids is 1. The van der Waals surface area contributed by atoms with Gasteiger partial charge in [-0.3, -0.25) is 4.79 Å². The van der Waals surface area contributed by atoms with Crippen LogP contribution in [0.1, 0.15) is 16.1 Å². The first kappa shape index (κ1) is 12.2. The lowest BCUT2D eigenvalue weighted by Crippen LogP contribution is -2.15. The van der Waals surface area contributed by atoms with Crippen LogP contribution in [0.15, 0.2) is 36.5 Å². The molecule has 0 aliphatic rings. The molecule has 0 bridgehead atoms. The predicted molar refractivity (Wildman–Crippen MR) is 77.3 cm³/mol. The highest BCUT2D eigenvalue weighted by Gasteiger charge is 2.10. The molecule has 0 spiro atoms. The monoisotopic (exact) mass is 340 g/mol.